The Bertz CT molecular complexity index is 238. The zero-order valence-electron chi connectivity index (χ0n) is 8.23. The maximum Gasteiger partial charge on any atom is 0.193 e. The van der Waals surface area contributed by atoms with Gasteiger partial charge in [-0.25, -0.2) is 0 Å². The molecule has 1 fully saturated rings. The predicted molar refractivity (Wildman–Crippen MR) is 48.1 cm³/mol. The molecule has 2 aliphatic rings. The SMILES string of the molecule is COC12C=CC(O1)C(C)C(O)C2C. The van der Waals surface area contributed by atoms with Gasteiger partial charge in [-0.3, -0.25) is 0 Å². The maximum absolute atomic E-state index is 9.92. The topological polar surface area (TPSA) is 38.7 Å². The lowest BCUT2D eigenvalue weighted by molar-refractivity contribution is -0.279. The fourth-order valence-corrected chi connectivity index (χ4v) is 2.25. The van der Waals surface area contributed by atoms with Gasteiger partial charge in [0.05, 0.1) is 12.2 Å². The van der Waals surface area contributed by atoms with Crippen molar-refractivity contribution < 1.29 is 14.6 Å². The summed E-state index contributed by atoms with van der Waals surface area (Å²) >= 11 is 0. The van der Waals surface area contributed by atoms with E-state index in [0.717, 1.165) is 0 Å². The second kappa shape index (κ2) is 2.80. The van der Waals surface area contributed by atoms with Crippen molar-refractivity contribution in [3.8, 4) is 0 Å². The Morgan fingerprint density at radius 3 is 2.77 bits per heavy atom. The molecule has 0 aliphatic carbocycles. The summed E-state index contributed by atoms with van der Waals surface area (Å²) in [5.41, 5.74) is 0. The molecule has 13 heavy (non-hydrogen) atoms. The zero-order chi connectivity index (χ0) is 9.64. The summed E-state index contributed by atoms with van der Waals surface area (Å²) in [4.78, 5) is 0. The Balaban J connectivity index is 2.31. The summed E-state index contributed by atoms with van der Waals surface area (Å²) in [7, 11) is 1.62. The molecular weight excluding hydrogens is 168 g/mol. The van der Waals surface area contributed by atoms with Crippen LogP contribution in [0.25, 0.3) is 0 Å². The van der Waals surface area contributed by atoms with E-state index in [0.29, 0.717) is 0 Å². The van der Waals surface area contributed by atoms with Crippen LogP contribution in [0.3, 0.4) is 0 Å². The van der Waals surface area contributed by atoms with E-state index in [1.807, 2.05) is 26.0 Å². The van der Waals surface area contributed by atoms with Gasteiger partial charge >= 0.3 is 0 Å². The molecule has 0 spiro atoms. The molecule has 0 aromatic heterocycles. The molecule has 74 valence electrons. The Labute approximate surface area is 78.3 Å². The van der Waals surface area contributed by atoms with Crippen LogP contribution in [0.15, 0.2) is 12.2 Å². The highest BCUT2D eigenvalue weighted by Crippen LogP contribution is 2.43. The fourth-order valence-electron chi connectivity index (χ4n) is 2.25. The van der Waals surface area contributed by atoms with Crippen LogP contribution in [0.5, 0.6) is 0 Å². The lowest BCUT2D eigenvalue weighted by atomic mass is 9.84. The Morgan fingerprint density at radius 1 is 1.46 bits per heavy atom. The van der Waals surface area contributed by atoms with Crippen molar-refractivity contribution in [2.24, 2.45) is 11.8 Å². The van der Waals surface area contributed by atoms with Crippen molar-refractivity contribution in [1.29, 1.82) is 0 Å². The van der Waals surface area contributed by atoms with Gasteiger partial charge < -0.3 is 14.6 Å². The van der Waals surface area contributed by atoms with Crippen molar-refractivity contribution >= 4 is 0 Å². The molecule has 0 saturated carbocycles. The van der Waals surface area contributed by atoms with Gasteiger partial charge in [0, 0.05) is 18.9 Å². The Morgan fingerprint density at radius 2 is 2.15 bits per heavy atom. The number of ether oxygens (including phenoxy) is 2. The molecule has 1 N–H and O–H groups in total. The zero-order valence-corrected chi connectivity index (χ0v) is 8.23. The number of methoxy groups -OCH3 is 1. The first-order chi connectivity index (χ1) is 6.10. The second-order valence-electron chi connectivity index (χ2n) is 4.01. The number of hydrogen-bond donors (Lipinski definition) is 1. The minimum absolute atomic E-state index is 0.00569. The van der Waals surface area contributed by atoms with Gasteiger partial charge in [-0.2, -0.15) is 0 Å². The average molecular weight is 184 g/mol. The van der Waals surface area contributed by atoms with Crippen LogP contribution in [-0.2, 0) is 9.47 Å². The summed E-state index contributed by atoms with van der Waals surface area (Å²) < 4.78 is 11.1. The number of fused-ring (bicyclic) bond motifs is 2. The van der Waals surface area contributed by atoms with Gasteiger partial charge in [0.25, 0.3) is 0 Å². The summed E-state index contributed by atoms with van der Waals surface area (Å²) in [6.45, 7) is 3.96. The molecule has 2 rings (SSSR count). The molecule has 0 radical (unpaired) electrons. The Hall–Kier alpha value is -0.380. The molecule has 5 unspecified atom stereocenters. The standard InChI is InChI=1S/C10H16O3/c1-6-8-4-5-10(12-3,13-8)7(2)9(6)11/h4-9,11H,1-3H3. The van der Waals surface area contributed by atoms with Crippen molar-refractivity contribution in [2.75, 3.05) is 7.11 Å². The second-order valence-corrected chi connectivity index (χ2v) is 4.01. The molecule has 3 heteroatoms. The van der Waals surface area contributed by atoms with Crippen molar-refractivity contribution in [2.45, 2.75) is 31.8 Å². The van der Waals surface area contributed by atoms with Crippen LogP contribution in [0, 0.1) is 11.8 Å². The third-order valence-corrected chi connectivity index (χ3v) is 3.36. The maximum atomic E-state index is 9.92. The third-order valence-electron chi connectivity index (χ3n) is 3.36. The Kier molecular flexibility index (Phi) is 1.98. The molecular formula is C10H16O3. The average Bonchev–Trinajstić information content (AvgIpc) is 2.55. The summed E-state index contributed by atoms with van der Waals surface area (Å²) in [5, 5.41) is 9.92. The first kappa shape index (κ1) is 9.19. The van der Waals surface area contributed by atoms with Gasteiger partial charge in [0.15, 0.2) is 5.79 Å². The van der Waals surface area contributed by atoms with E-state index >= 15 is 0 Å². The van der Waals surface area contributed by atoms with Crippen molar-refractivity contribution in [3.05, 3.63) is 12.2 Å². The third kappa shape index (κ3) is 1.08. The van der Waals surface area contributed by atoms with Crippen LogP contribution in [-0.4, -0.2) is 30.2 Å². The van der Waals surface area contributed by atoms with E-state index < -0.39 is 5.79 Å². The van der Waals surface area contributed by atoms with Crippen molar-refractivity contribution in [3.63, 3.8) is 0 Å². The first-order valence-corrected chi connectivity index (χ1v) is 4.71. The van der Waals surface area contributed by atoms with Crippen LogP contribution in [0.4, 0.5) is 0 Å². The van der Waals surface area contributed by atoms with E-state index in [9.17, 15) is 5.11 Å². The van der Waals surface area contributed by atoms with Gasteiger partial charge in [0.1, 0.15) is 0 Å². The minimum Gasteiger partial charge on any atom is -0.392 e. The van der Waals surface area contributed by atoms with E-state index in [2.05, 4.69) is 0 Å². The normalized spacial score (nSPS) is 54.2. The number of aliphatic hydroxyl groups excluding tert-OH is 1. The summed E-state index contributed by atoms with van der Waals surface area (Å²) in [6, 6.07) is 0. The van der Waals surface area contributed by atoms with E-state index in [-0.39, 0.29) is 24.0 Å². The molecule has 1 saturated heterocycles. The van der Waals surface area contributed by atoms with E-state index in [4.69, 9.17) is 9.47 Å². The monoisotopic (exact) mass is 184 g/mol. The lowest BCUT2D eigenvalue weighted by Crippen LogP contribution is -2.53. The van der Waals surface area contributed by atoms with Gasteiger partial charge in [-0.1, -0.05) is 19.9 Å². The fraction of sp³-hybridized carbons (Fsp3) is 0.800. The van der Waals surface area contributed by atoms with Gasteiger partial charge in [-0.05, 0) is 6.08 Å². The summed E-state index contributed by atoms with van der Waals surface area (Å²) in [6.07, 6.45) is 3.57. The smallest absolute Gasteiger partial charge is 0.193 e. The molecule has 2 bridgehead atoms. The van der Waals surface area contributed by atoms with Crippen LogP contribution in [0.2, 0.25) is 0 Å². The molecule has 2 aliphatic heterocycles. The highest BCUT2D eigenvalue weighted by molar-refractivity contribution is 5.16. The number of aliphatic hydroxyl groups is 1. The molecule has 2 heterocycles. The predicted octanol–water partition coefficient (Wildman–Crippen LogP) is 0.931. The molecule has 5 atom stereocenters. The largest absolute Gasteiger partial charge is 0.392 e. The van der Waals surface area contributed by atoms with Crippen LogP contribution < -0.4 is 0 Å². The first-order valence-electron chi connectivity index (χ1n) is 4.71. The number of rotatable bonds is 1. The highest BCUT2D eigenvalue weighted by Gasteiger charge is 2.52. The minimum atomic E-state index is -0.684. The lowest BCUT2D eigenvalue weighted by Gasteiger charge is -2.43. The van der Waals surface area contributed by atoms with E-state index in [1.165, 1.54) is 0 Å². The molecule has 0 aromatic rings. The van der Waals surface area contributed by atoms with E-state index in [1.54, 1.807) is 7.11 Å². The quantitative estimate of drug-likeness (QED) is 0.616. The summed E-state index contributed by atoms with van der Waals surface area (Å²) in [5.74, 6) is -0.545. The number of hydrogen-bond acceptors (Lipinski definition) is 3. The van der Waals surface area contributed by atoms with Gasteiger partial charge in [0.2, 0.25) is 0 Å². The van der Waals surface area contributed by atoms with Crippen molar-refractivity contribution in [1.82, 2.24) is 0 Å². The molecule has 0 aromatic carbocycles. The highest BCUT2D eigenvalue weighted by atomic mass is 16.7. The van der Waals surface area contributed by atoms with Gasteiger partial charge in [-0.15, -0.1) is 0 Å². The molecule has 3 nitrogen and oxygen atoms in total. The molecule has 0 amide bonds. The van der Waals surface area contributed by atoms with Crippen LogP contribution in [0.1, 0.15) is 13.8 Å². The van der Waals surface area contributed by atoms with Crippen LogP contribution >= 0.6 is 0 Å².